The average Bonchev–Trinajstić information content (AvgIpc) is 2.44. The fraction of sp³-hybridized carbons (Fsp3) is 0.571. The van der Waals surface area contributed by atoms with Crippen LogP contribution in [-0.4, -0.2) is 50.7 Å². The third kappa shape index (κ3) is 4.38. The molecule has 0 saturated carbocycles. The van der Waals surface area contributed by atoms with Gasteiger partial charge in [0.05, 0.1) is 6.61 Å². The van der Waals surface area contributed by atoms with Crippen LogP contribution in [-0.2, 0) is 4.74 Å². The highest BCUT2D eigenvalue weighted by Crippen LogP contribution is 2.28. The Morgan fingerprint density at radius 3 is 2.95 bits per heavy atom. The second-order valence-electron chi connectivity index (χ2n) is 4.74. The van der Waals surface area contributed by atoms with E-state index in [0.29, 0.717) is 13.2 Å². The Hall–Kier alpha value is -0.750. The fourth-order valence-electron chi connectivity index (χ4n) is 2.42. The maximum Gasteiger partial charge on any atom is 0.261 e. The number of halogens is 3. The van der Waals surface area contributed by atoms with Crippen molar-refractivity contribution in [1.82, 2.24) is 10.2 Å². The molecule has 1 atom stereocenters. The van der Waals surface area contributed by atoms with Crippen LogP contribution in [0.4, 0.5) is 8.78 Å². The molecule has 0 spiro atoms. The fourth-order valence-corrected chi connectivity index (χ4v) is 2.68. The Balaban J connectivity index is 1.93. The van der Waals surface area contributed by atoms with Gasteiger partial charge in [0.2, 0.25) is 0 Å². The topological polar surface area (TPSA) is 24.5 Å². The first-order valence-corrected chi connectivity index (χ1v) is 7.11. The van der Waals surface area contributed by atoms with Crippen LogP contribution in [0.25, 0.3) is 0 Å². The zero-order valence-corrected chi connectivity index (χ0v) is 12.0. The minimum absolute atomic E-state index is 0.160. The van der Waals surface area contributed by atoms with Gasteiger partial charge in [0.1, 0.15) is 6.61 Å². The summed E-state index contributed by atoms with van der Waals surface area (Å²) in [5.74, 6) is 0. The van der Waals surface area contributed by atoms with E-state index in [2.05, 4.69) is 10.2 Å². The predicted octanol–water partition coefficient (Wildman–Crippen LogP) is 2.57. The maximum atomic E-state index is 12.0. The number of rotatable bonds is 6. The van der Waals surface area contributed by atoms with Crippen LogP contribution in [0, 0.1) is 0 Å². The van der Waals surface area contributed by atoms with Crippen LogP contribution in [0.1, 0.15) is 11.6 Å². The number of nitrogens with one attached hydrogen (secondary N) is 1. The smallest absolute Gasteiger partial charge is 0.261 e. The molecule has 1 unspecified atom stereocenters. The van der Waals surface area contributed by atoms with Crippen LogP contribution >= 0.6 is 11.6 Å². The van der Waals surface area contributed by atoms with Gasteiger partial charge in [-0.05, 0) is 11.6 Å². The molecule has 1 saturated heterocycles. The lowest BCUT2D eigenvalue weighted by atomic mass is 10.0. The SMILES string of the molecule is FC(F)COCCN1CCNCC1c1ccccc1Cl. The summed E-state index contributed by atoms with van der Waals surface area (Å²) in [5, 5.41) is 4.07. The van der Waals surface area contributed by atoms with Crippen molar-refractivity contribution in [1.29, 1.82) is 0 Å². The van der Waals surface area contributed by atoms with Crippen LogP contribution < -0.4 is 5.32 Å². The van der Waals surface area contributed by atoms with Crippen molar-refractivity contribution >= 4 is 11.6 Å². The largest absolute Gasteiger partial charge is 0.374 e. The number of hydrogen-bond donors (Lipinski definition) is 1. The molecular weight excluding hydrogens is 286 g/mol. The van der Waals surface area contributed by atoms with Gasteiger partial charge < -0.3 is 10.1 Å². The number of benzene rings is 1. The lowest BCUT2D eigenvalue weighted by molar-refractivity contribution is 0.00370. The van der Waals surface area contributed by atoms with Crippen molar-refractivity contribution in [2.45, 2.75) is 12.5 Å². The monoisotopic (exact) mass is 304 g/mol. The summed E-state index contributed by atoms with van der Waals surface area (Å²) < 4.78 is 29.0. The van der Waals surface area contributed by atoms with E-state index >= 15 is 0 Å². The van der Waals surface area contributed by atoms with Gasteiger partial charge in [0, 0.05) is 37.2 Å². The molecule has 2 rings (SSSR count). The van der Waals surface area contributed by atoms with Gasteiger partial charge in [-0.3, -0.25) is 4.90 Å². The molecule has 3 nitrogen and oxygen atoms in total. The molecule has 1 fully saturated rings. The summed E-state index contributed by atoms with van der Waals surface area (Å²) in [6, 6.07) is 7.90. The highest BCUT2D eigenvalue weighted by molar-refractivity contribution is 6.31. The van der Waals surface area contributed by atoms with Gasteiger partial charge in [-0.25, -0.2) is 8.78 Å². The van der Waals surface area contributed by atoms with Gasteiger partial charge in [0.25, 0.3) is 6.43 Å². The summed E-state index contributed by atoms with van der Waals surface area (Å²) >= 11 is 6.24. The molecule has 1 heterocycles. The van der Waals surface area contributed by atoms with E-state index in [-0.39, 0.29) is 6.04 Å². The second-order valence-corrected chi connectivity index (χ2v) is 5.15. The van der Waals surface area contributed by atoms with Gasteiger partial charge in [-0.2, -0.15) is 0 Å². The molecule has 0 amide bonds. The standard InChI is InChI=1S/C14H19ClF2N2O/c15-12-4-2-1-3-11(12)13-9-18-5-6-19(13)7-8-20-10-14(16)17/h1-4,13-14,18H,5-10H2. The summed E-state index contributed by atoms with van der Waals surface area (Å²) in [6.07, 6.45) is -2.41. The van der Waals surface area contributed by atoms with Crippen molar-refractivity contribution in [2.24, 2.45) is 0 Å². The first-order chi connectivity index (χ1) is 9.68. The van der Waals surface area contributed by atoms with Crippen LogP contribution in [0.5, 0.6) is 0 Å². The Bertz CT molecular complexity index is 420. The third-order valence-electron chi connectivity index (χ3n) is 3.39. The van der Waals surface area contributed by atoms with E-state index in [4.69, 9.17) is 16.3 Å². The summed E-state index contributed by atoms with van der Waals surface area (Å²) in [6.45, 7) is 2.99. The number of nitrogens with zero attached hydrogens (tertiary/aromatic N) is 1. The van der Waals surface area contributed by atoms with E-state index < -0.39 is 13.0 Å². The minimum Gasteiger partial charge on any atom is -0.374 e. The van der Waals surface area contributed by atoms with Crippen molar-refractivity contribution in [2.75, 3.05) is 39.4 Å². The van der Waals surface area contributed by atoms with Gasteiger partial charge in [-0.1, -0.05) is 29.8 Å². The van der Waals surface area contributed by atoms with E-state index in [1.165, 1.54) is 0 Å². The number of ether oxygens (including phenoxy) is 1. The second kappa shape index (κ2) is 7.88. The van der Waals surface area contributed by atoms with E-state index in [1.54, 1.807) is 0 Å². The molecule has 112 valence electrons. The predicted molar refractivity (Wildman–Crippen MR) is 75.5 cm³/mol. The molecule has 0 bridgehead atoms. The van der Waals surface area contributed by atoms with Crippen molar-refractivity contribution in [3.63, 3.8) is 0 Å². The highest BCUT2D eigenvalue weighted by Gasteiger charge is 2.24. The third-order valence-corrected chi connectivity index (χ3v) is 3.73. The van der Waals surface area contributed by atoms with Gasteiger partial charge in [0.15, 0.2) is 0 Å². The normalized spacial score (nSPS) is 20.5. The zero-order valence-electron chi connectivity index (χ0n) is 11.2. The molecule has 1 aromatic carbocycles. The minimum atomic E-state index is -2.41. The van der Waals surface area contributed by atoms with E-state index in [1.807, 2.05) is 24.3 Å². The first-order valence-electron chi connectivity index (χ1n) is 6.73. The molecule has 1 aromatic rings. The molecule has 1 N–H and O–H groups in total. The van der Waals surface area contributed by atoms with E-state index in [9.17, 15) is 8.78 Å². The maximum absolute atomic E-state index is 12.0. The quantitative estimate of drug-likeness (QED) is 0.818. The van der Waals surface area contributed by atoms with Crippen LogP contribution in [0.3, 0.4) is 0 Å². The molecule has 1 aliphatic heterocycles. The van der Waals surface area contributed by atoms with Crippen LogP contribution in [0.15, 0.2) is 24.3 Å². The summed E-state index contributed by atoms with van der Waals surface area (Å²) in [5.41, 5.74) is 1.07. The Kier molecular flexibility index (Phi) is 6.16. The van der Waals surface area contributed by atoms with E-state index in [0.717, 1.165) is 30.2 Å². The Morgan fingerprint density at radius 2 is 2.20 bits per heavy atom. The van der Waals surface area contributed by atoms with Crippen molar-refractivity contribution < 1.29 is 13.5 Å². The van der Waals surface area contributed by atoms with Crippen LogP contribution in [0.2, 0.25) is 5.02 Å². The molecule has 0 aliphatic carbocycles. The van der Waals surface area contributed by atoms with Crippen molar-refractivity contribution in [3.05, 3.63) is 34.9 Å². The molecule has 20 heavy (non-hydrogen) atoms. The molecule has 0 radical (unpaired) electrons. The lowest BCUT2D eigenvalue weighted by Gasteiger charge is -2.36. The Morgan fingerprint density at radius 1 is 1.40 bits per heavy atom. The highest BCUT2D eigenvalue weighted by atomic mass is 35.5. The van der Waals surface area contributed by atoms with Gasteiger partial charge >= 0.3 is 0 Å². The summed E-state index contributed by atoms with van der Waals surface area (Å²) in [7, 11) is 0. The Labute approximate surface area is 122 Å². The van der Waals surface area contributed by atoms with Crippen molar-refractivity contribution in [3.8, 4) is 0 Å². The number of hydrogen-bond acceptors (Lipinski definition) is 3. The number of alkyl halides is 2. The molecular formula is C14H19ClF2N2O. The first kappa shape index (κ1) is 15.6. The summed E-state index contributed by atoms with van der Waals surface area (Å²) in [4.78, 5) is 2.23. The molecule has 0 aromatic heterocycles. The van der Waals surface area contributed by atoms with Gasteiger partial charge in [-0.15, -0.1) is 0 Å². The number of piperazine rings is 1. The molecule has 1 aliphatic rings. The zero-order chi connectivity index (χ0) is 14.4. The lowest BCUT2D eigenvalue weighted by Crippen LogP contribution is -2.47. The molecule has 6 heteroatoms. The average molecular weight is 305 g/mol.